The number of fused-ring (bicyclic) bond motifs is 7. The van der Waals surface area contributed by atoms with Gasteiger partial charge < -0.3 is 29.4 Å². The molecule has 0 amide bonds. The van der Waals surface area contributed by atoms with E-state index in [1.54, 1.807) is 7.11 Å². The third-order valence-corrected chi connectivity index (χ3v) is 23.0. The van der Waals surface area contributed by atoms with Crippen molar-refractivity contribution in [2.45, 2.75) is 170 Å². The first-order chi connectivity index (χ1) is 29.9. The molecule has 0 radical (unpaired) electrons. The van der Waals surface area contributed by atoms with Gasteiger partial charge >= 0.3 is 17.9 Å². The van der Waals surface area contributed by atoms with Crippen molar-refractivity contribution < 1.29 is 46.9 Å². The second kappa shape index (κ2) is 17.0. The van der Waals surface area contributed by atoms with Crippen LogP contribution in [0.3, 0.4) is 0 Å². The molecule has 0 aromatic carbocycles. The lowest BCUT2D eigenvalue weighted by Crippen LogP contribution is -2.69. The van der Waals surface area contributed by atoms with Crippen molar-refractivity contribution in [1.82, 2.24) is 10.2 Å². The molecule has 0 bridgehead atoms. The number of aliphatic carboxylic acids is 1. The van der Waals surface area contributed by atoms with E-state index in [2.05, 4.69) is 51.8 Å². The van der Waals surface area contributed by atoms with E-state index in [0.717, 1.165) is 32.1 Å². The van der Waals surface area contributed by atoms with Gasteiger partial charge in [0.15, 0.2) is 9.84 Å². The molecule has 7 aliphatic carbocycles. The Bertz CT molecular complexity index is 1890. The van der Waals surface area contributed by atoms with Gasteiger partial charge in [-0.1, -0.05) is 55.4 Å². The number of carbonyl (C=O) groups is 3. The Balaban J connectivity index is 1.01. The fraction of sp³-hybridized carbons (Fsp3) is 0.941. The molecule has 14 atom stereocenters. The number of sulfone groups is 1. The van der Waals surface area contributed by atoms with Crippen molar-refractivity contribution in [3.63, 3.8) is 0 Å². The van der Waals surface area contributed by atoms with Crippen LogP contribution < -0.4 is 5.32 Å². The molecule has 8 rings (SSSR count). The van der Waals surface area contributed by atoms with Crippen molar-refractivity contribution in [3.8, 4) is 0 Å². The standard InChI is InChI=1S/C51H84N2O10S/c1-32(62-41(54)31-61-26-25-60-10)37(53-23-27-64(58,59)28-24-53)30-52-51-18-13-33(47(6)19-20-47)42(51)34-11-12-39-48(7)16-15-40(63-44(57)36-29-35(43(55)56)45(36,2)3)46(4,5)38(48)14-17-50(39,9)49(34,8)21-22-51/h32-40,42,52H,11-31H2,1-10H3,(H,55,56)/t32-,33?,34-,35+,36-,37?,38+,39-,40+,42-,48+,49-,50-,51+/m1/s1. The minimum Gasteiger partial charge on any atom is -0.481 e. The Morgan fingerprint density at radius 2 is 1.47 bits per heavy atom. The van der Waals surface area contributed by atoms with Crippen LogP contribution in [-0.2, 0) is 43.2 Å². The summed E-state index contributed by atoms with van der Waals surface area (Å²) in [6, 6.07) is -0.166. The third-order valence-electron chi connectivity index (χ3n) is 21.4. The number of carbonyl (C=O) groups excluding carboxylic acids is 2. The molecule has 7 saturated carbocycles. The fourth-order valence-corrected chi connectivity index (χ4v) is 18.2. The van der Waals surface area contributed by atoms with Crippen LogP contribution in [0.5, 0.6) is 0 Å². The molecule has 0 spiro atoms. The fourth-order valence-electron chi connectivity index (χ4n) is 17.0. The highest BCUT2D eigenvalue weighted by Gasteiger charge is 2.72. The Morgan fingerprint density at radius 1 is 0.766 bits per heavy atom. The third kappa shape index (κ3) is 8.02. The molecular formula is C51H84N2O10S. The first-order valence-corrected chi connectivity index (χ1v) is 27.1. The SMILES string of the molecule is COCCOCC(=O)O[C@H](C)C(CN[C@]12CCC(C3(C)CC3)[C@@H]1[C@H]1CC[C@@H]3[C@@]4(C)CC[C@H](OC(=O)[C@H]5C[C@@H](C(=O)O)C5(C)C)C(C)(C)[C@@H]4CC[C@@]3(C)[C@]1(C)CC2)N1CCS(=O)(=O)CC1. The van der Waals surface area contributed by atoms with Gasteiger partial charge in [0.1, 0.15) is 18.8 Å². The summed E-state index contributed by atoms with van der Waals surface area (Å²) in [5.41, 5.74) is 0.0186. The highest BCUT2D eigenvalue weighted by molar-refractivity contribution is 7.91. The summed E-state index contributed by atoms with van der Waals surface area (Å²) in [5, 5.41) is 14.0. The summed E-state index contributed by atoms with van der Waals surface area (Å²) in [4.78, 5) is 40.9. The summed E-state index contributed by atoms with van der Waals surface area (Å²) in [5.74, 6) is 0.697. The van der Waals surface area contributed by atoms with E-state index in [9.17, 15) is 27.9 Å². The summed E-state index contributed by atoms with van der Waals surface area (Å²) < 4.78 is 48.3. The molecule has 1 heterocycles. The van der Waals surface area contributed by atoms with E-state index in [1.807, 2.05) is 20.8 Å². The molecule has 64 heavy (non-hydrogen) atoms. The minimum atomic E-state index is -3.09. The molecule has 2 unspecified atom stereocenters. The van der Waals surface area contributed by atoms with Crippen molar-refractivity contribution in [2.75, 3.05) is 58.1 Å². The monoisotopic (exact) mass is 917 g/mol. The number of nitrogens with one attached hydrogen (secondary N) is 1. The van der Waals surface area contributed by atoms with Gasteiger partial charge in [0, 0.05) is 37.7 Å². The Hall–Kier alpha value is -1.80. The topological polar surface area (TPSA) is 158 Å². The van der Waals surface area contributed by atoms with Crippen molar-refractivity contribution in [1.29, 1.82) is 0 Å². The number of ether oxygens (including phenoxy) is 4. The predicted molar refractivity (Wildman–Crippen MR) is 245 cm³/mol. The number of hydrogen-bond donors (Lipinski definition) is 2. The smallest absolute Gasteiger partial charge is 0.332 e. The molecule has 1 saturated heterocycles. The van der Waals surface area contributed by atoms with Gasteiger partial charge in [-0.15, -0.1) is 0 Å². The lowest BCUT2D eigenvalue weighted by Gasteiger charge is -2.73. The van der Waals surface area contributed by atoms with Crippen LogP contribution in [0.15, 0.2) is 0 Å². The number of methoxy groups -OCH3 is 1. The number of esters is 2. The van der Waals surface area contributed by atoms with Crippen molar-refractivity contribution in [2.24, 2.45) is 73.9 Å². The van der Waals surface area contributed by atoms with Gasteiger partial charge in [-0.25, -0.2) is 13.2 Å². The maximum Gasteiger partial charge on any atom is 0.332 e. The van der Waals surface area contributed by atoms with Gasteiger partial charge in [-0.3, -0.25) is 14.5 Å². The average Bonchev–Trinajstić information content (AvgIpc) is 3.83. The number of carboxylic acid groups (broad SMARTS) is 1. The Labute approximate surface area is 385 Å². The first-order valence-electron chi connectivity index (χ1n) is 25.3. The van der Waals surface area contributed by atoms with Gasteiger partial charge in [0.2, 0.25) is 0 Å². The van der Waals surface area contributed by atoms with Crippen LogP contribution >= 0.6 is 0 Å². The first kappa shape index (κ1) is 48.6. The highest BCUT2D eigenvalue weighted by Crippen LogP contribution is 2.78. The van der Waals surface area contributed by atoms with Gasteiger partial charge in [0.05, 0.1) is 42.6 Å². The highest BCUT2D eigenvalue weighted by atomic mass is 32.2. The predicted octanol–water partition coefficient (Wildman–Crippen LogP) is 7.56. The number of carboxylic acids is 1. The van der Waals surface area contributed by atoms with E-state index >= 15 is 0 Å². The number of rotatable bonds is 15. The zero-order valence-corrected chi connectivity index (χ0v) is 41.9. The van der Waals surface area contributed by atoms with E-state index in [4.69, 9.17) is 18.9 Å². The normalized spacial score (nSPS) is 43.5. The molecular weight excluding hydrogens is 833 g/mol. The Kier molecular flexibility index (Phi) is 12.9. The van der Waals surface area contributed by atoms with Crippen molar-refractivity contribution in [3.05, 3.63) is 0 Å². The van der Waals surface area contributed by atoms with Crippen LogP contribution in [0.25, 0.3) is 0 Å². The lowest BCUT2D eigenvalue weighted by atomic mass is 9.32. The van der Waals surface area contributed by atoms with Crippen LogP contribution in [-0.4, -0.2) is 118 Å². The quantitative estimate of drug-likeness (QED) is 0.123. The summed E-state index contributed by atoms with van der Waals surface area (Å²) in [6.07, 6.45) is 13.7. The Morgan fingerprint density at radius 3 is 2.11 bits per heavy atom. The summed E-state index contributed by atoms with van der Waals surface area (Å²) in [7, 11) is -1.50. The molecule has 0 aromatic rings. The molecule has 8 aliphatic rings. The molecule has 2 N–H and O–H groups in total. The molecule has 8 fully saturated rings. The molecule has 1 aliphatic heterocycles. The zero-order chi connectivity index (χ0) is 46.5. The lowest BCUT2D eigenvalue weighted by molar-refractivity contribution is -0.250. The van der Waals surface area contributed by atoms with E-state index in [0.29, 0.717) is 74.3 Å². The van der Waals surface area contributed by atoms with Crippen LogP contribution in [0.1, 0.15) is 146 Å². The number of nitrogens with zero attached hydrogens (tertiary/aromatic N) is 1. The van der Waals surface area contributed by atoms with Gasteiger partial charge in [-0.2, -0.15) is 0 Å². The number of hydrogen-bond acceptors (Lipinski definition) is 11. The van der Waals surface area contributed by atoms with Crippen molar-refractivity contribution >= 4 is 27.7 Å². The average molecular weight is 917 g/mol. The van der Waals surface area contributed by atoms with E-state index < -0.39 is 39.2 Å². The van der Waals surface area contributed by atoms with E-state index in [-0.39, 0.29) is 69.3 Å². The zero-order valence-electron chi connectivity index (χ0n) is 41.1. The molecule has 364 valence electrons. The second-order valence-electron chi connectivity index (χ2n) is 24.8. The summed E-state index contributed by atoms with van der Waals surface area (Å²) in [6.45, 7) is 23.1. The maximum atomic E-state index is 13.7. The van der Waals surface area contributed by atoms with Gasteiger partial charge in [0.25, 0.3) is 0 Å². The van der Waals surface area contributed by atoms with Gasteiger partial charge in [-0.05, 0) is 147 Å². The molecule has 13 heteroatoms. The second-order valence-corrected chi connectivity index (χ2v) is 27.1. The van der Waals surface area contributed by atoms with Crippen LogP contribution in [0.4, 0.5) is 0 Å². The van der Waals surface area contributed by atoms with Crippen LogP contribution in [0, 0.1) is 73.9 Å². The van der Waals surface area contributed by atoms with E-state index in [1.165, 1.54) is 44.9 Å². The molecule has 0 aromatic heterocycles. The minimum absolute atomic E-state index is 0.0265. The van der Waals surface area contributed by atoms with Crippen LogP contribution in [0.2, 0.25) is 0 Å². The summed E-state index contributed by atoms with van der Waals surface area (Å²) >= 11 is 0. The maximum absolute atomic E-state index is 13.7. The largest absolute Gasteiger partial charge is 0.481 e. The molecule has 12 nitrogen and oxygen atoms in total.